The van der Waals surface area contributed by atoms with E-state index in [-0.39, 0.29) is 19.0 Å². The minimum Gasteiger partial charge on any atom is -0.465 e. The summed E-state index contributed by atoms with van der Waals surface area (Å²) in [7, 11) is 0. The molecule has 0 aromatic heterocycles. The molecule has 1 amide bonds. The van der Waals surface area contributed by atoms with Gasteiger partial charge in [-0.15, -0.1) is 0 Å². The molecular formula is C19H26N2O5. The van der Waals surface area contributed by atoms with Gasteiger partial charge in [-0.2, -0.15) is 0 Å². The number of carbonyl (C=O) groups is 2. The van der Waals surface area contributed by atoms with Crippen LogP contribution in [-0.4, -0.2) is 68.6 Å². The number of nitrogens with zero attached hydrogens (tertiary/aromatic N) is 2. The molecule has 2 fully saturated rings. The summed E-state index contributed by atoms with van der Waals surface area (Å²) in [6, 6.07) is 9.22. The number of anilines is 1. The fourth-order valence-electron chi connectivity index (χ4n) is 3.38. The van der Waals surface area contributed by atoms with Crippen molar-refractivity contribution >= 4 is 17.6 Å². The molecule has 0 aliphatic carbocycles. The Morgan fingerprint density at radius 1 is 1.15 bits per heavy atom. The Labute approximate surface area is 153 Å². The lowest BCUT2D eigenvalue weighted by atomic mass is 10.0. The summed E-state index contributed by atoms with van der Waals surface area (Å²) in [5.41, 5.74) is 0.696. The van der Waals surface area contributed by atoms with Crippen molar-refractivity contribution < 1.29 is 23.8 Å². The zero-order valence-corrected chi connectivity index (χ0v) is 15.2. The van der Waals surface area contributed by atoms with Crippen molar-refractivity contribution in [2.45, 2.75) is 25.6 Å². The summed E-state index contributed by atoms with van der Waals surface area (Å²) in [5, 5.41) is 0. The molecule has 0 radical (unpaired) electrons. The van der Waals surface area contributed by atoms with Gasteiger partial charge in [-0.1, -0.05) is 18.2 Å². The zero-order valence-electron chi connectivity index (χ0n) is 15.2. The van der Waals surface area contributed by atoms with Crippen LogP contribution in [0.2, 0.25) is 0 Å². The average molecular weight is 362 g/mol. The lowest BCUT2D eigenvalue weighted by molar-refractivity contribution is -0.185. The second kappa shape index (κ2) is 8.62. The summed E-state index contributed by atoms with van der Waals surface area (Å²) < 4.78 is 16.5. The van der Waals surface area contributed by atoms with Crippen LogP contribution in [0.1, 0.15) is 19.8 Å². The van der Waals surface area contributed by atoms with E-state index in [0.29, 0.717) is 25.5 Å². The van der Waals surface area contributed by atoms with E-state index >= 15 is 0 Å². The number of benzene rings is 1. The molecule has 2 aliphatic heterocycles. The summed E-state index contributed by atoms with van der Waals surface area (Å²) in [6.45, 7) is 4.96. The Morgan fingerprint density at radius 2 is 1.81 bits per heavy atom. The van der Waals surface area contributed by atoms with E-state index < -0.39 is 11.8 Å². The summed E-state index contributed by atoms with van der Waals surface area (Å²) >= 11 is 0. The fraction of sp³-hybridized carbons (Fsp3) is 0.579. The Bertz CT molecular complexity index is 606. The molecule has 1 aromatic carbocycles. The first-order valence-electron chi connectivity index (χ1n) is 9.13. The SMILES string of the molecule is CCOC(=O)CN(C(=O)CN1CCC2(CC1)OCCO2)c1ccccc1. The third kappa shape index (κ3) is 4.60. The molecule has 7 nitrogen and oxygen atoms in total. The van der Waals surface area contributed by atoms with Gasteiger partial charge in [-0.05, 0) is 19.1 Å². The minimum absolute atomic E-state index is 0.0827. The van der Waals surface area contributed by atoms with Gasteiger partial charge in [0.1, 0.15) is 6.54 Å². The van der Waals surface area contributed by atoms with Crippen LogP contribution in [0.3, 0.4) is 0 Å². The molecule has 0 unspecified atom stereocenters. The molecule has 0 N–H and O–H groups in total. The molecule has 1 aromatic rings. The van der Waals surface area contributed by atoms with Crippen LogP contribution in [0.5, 0.6) is 0 Å². The molecule has 7 heteroatoms. The van der Waals surface area contributed by atoms with Crippen molar-refractivity contribution in [2.75, 3.05) is 50.9 Å². The van der Waals surface area contributed by atoms with Gasteiger partial charge in [0.2, 0.25) is 5.91 Å². The Morgan fingerprint density at radius 3 is 2.42 bits per heavy atom. The molecule has 1 spiro atoms. The largest absolute Gasteiger partial charge is 0.465 e. The number of likely N-dealkylation sites (tertiary alicyclic amines) is 1. The van der Waals surface area contributed by atoms with Gasteiger partial charge >= 0.3 is 5.97 Å². The van der Waals surface area contributed by atoms with E-state index in [2.05, 4.69) is 4.90 Å². The number of hydrogen-bond donors (Lipinski definition) is 0. The maximum absolute atomic E-state index is 12.9. The third-order valence-electron chi connectivity index (χ3n) is 4.75. The van der Waals surface area contributed by atoms with Crippen molar-refractivity contribution in [3.05, 3.63) is 30.3 Å². The van der Waals surface area contributed by atoms with Crippen LogP contribution in [0.15, 0.2) is 30.3 Å². The topological polar surface area (TPSA) is 68.3 Å². The number of piperidine rings is 1. The second-order valence-electron chi connectivity index (χ2n) is 6.50. The molecule has 2 saturated heterocycles. The highest BCUT2D eigenvalue weighted by molar-refractivity contribution is 5.98. The first-order valence-corrected chi connectivity index (χ1v) is 9.13. The first kappa shape index (κ1) is 18.8. The van der Waals surface area contributed by atoms with E-state index in [1.165, 1.54) is 4.90 Å². The lowest BCUT2D eigenvalue weighted by Crippen LogP contribution is -2.49. The average Bonchev–Trinajstić information content (AvgIpc) is 3.11. The minimum atomic E-state index is -0.455. The van der Waals surface area contributed by atoms with Gasteiger partial charge in [0, 0.05) is 31.6 Å². The smallest absolute Gasteiger partial charge is 0.326 e. The van der Waals surface area contributed by atoms with Gasteiger partial charge < -0.3 is 19.1 Å². The van der Waals surface area contributed by atoms with Crippen molar-refractivity contribution in [1.82, 2.24) is 4.90 Å². The maximum atomic E-state index is 12.9. The van der Waals surface area contributed by atoms with Gasteiger partial charge in [-0.3, -0.25) is 14.5 Å². The molecule has 0 bridgehead atoms. The summed E-state index contributed by atoms with van der Waals surface area (Å²) in [6.07, 6.45) is 1.51. The number of carbonyl (C=O) groups excluding carboxylic acids is 2. The number of hydrogen-bond acceptors (Lipinski definition) is 6. The number of rotatable bonds is 6. The number of ether oxygens (including phenoxy) is 3. The van der Waals surface area contributed by atoms with Gasteiger partial charge in [0.05, 0.1) is 26.4 Å². The highest BCUT2D eigenvalue weighted by atomic mass is 16.7. The van der Waals surface area contributed by atoms with Crippen molar-refractivity contribution in [2.24, 2.45) is 0 Å². The van der Waals surface area contributed by atoms with Crippen molar-refractivity contribution in [3.63, 3.8) is 0 Å². The quantitative estimate of drug-likeness (QED) is 0.713. The number of amides is 1. The highest BCUT2D eigenvalue weighted by Gasteiger charge is 2.40. The molecule has 142 valence electrons. The third-order valence-corrected chi connectivity index (χ3v) is 4.75. The maximum Gasteiger partial charge on any atom is 0.326 e. The lowest BCUT2D eigenvalue weighted by Gasteiger charge is -2.37. The Hall–Kier alpha value is -1.96. The van der Waals surface area contributed by atoms with E-state index in [9.17, 15) is 9.59 Å². The molecule has 2 heterocycles. The van der Waals surface area contributed by atoms with Gasteiger partial charge in [-0.25, -0.2) is 0 Å². The molecule has 0 atom stereocenters. The molecule has 2 aliphatic rings. The van der Waals surface area contributed by atoms with E-state index in [4.69, 9.17) is 14.2 Å². The predicted octanol–water partition coefficient (Wildman–Crippen LogP) is 1.42. The molecular weight excluding hydrogens is 336 g/mol. The Kier molecular flexibility index (Phi) is 6.24. The van der Waals surface area contributed by atoms with E-state index in [1.807, 2.05) is 30.3 Å². The van der Waals surface area contributed by atoms with Gasteiger partial charge in [0.25, 0.3) is 0 Å². The monoisotopic (exact) mass is 362 g/mol. The van der Waals surface area contributed by atoms with Crippen LogP contribution in [0.4, 0.5) is 5.69 Å². The summed E-state index contributed by atoms with van der Waals surface area (Å²) in [5.74, 6) is -0.979. The predicted molar refractivity (Wildman–Crippen MR) is 95.7 cm³/mol. The van der Waals surface area contributed by atoms with Crippen LogP contribution in [-0.2, 0) is 23.8 Å². The zero-order chi connectivity index (χ0) is 18.4. The fourth-order valence-corrected chi connectivity index (χ4v) is 3.38. The number of para-hydroxylation sites is 1. The van der Waals surface area contributed by atoms with Crippen LogP contribution in [0, 0.1) is 0 Å². The van der Waals surface area contributed by atoms with Gasteiger partial charge in [0.15, 0.2) is 5.79 Å². The van der Waals surface area contributed by atoms with Crippen LogP contribution >= 0.6 is 0 Å². The standard InChI is InChI=1S/C19H26N2O5/c1-2-24-18(23)15-21(16-6-4-3-5-7-16)17(22)14-20-10-8-19(9-11-20)25-12-13-26-19/h3-7H,2,8-15H2,1H3. The summed E-state index contributed by atoms with van der Waals surface area (Å²) in [4.78, 5) is 28.4. The first-order chi connectivity index (χ1) is 12.6. The van der Waals surface area contributed by atoms with Crippen LogP contribution < -0.4 is 4.90 Å². The molecule has 3 rings (SSSR count). The normalized spacial score (nSPS) is 19.4. The van der Waals surface area contributed by atoms with Crippen molar-refractivity contribution in [1.29, 1.82) is 0 Å². The second-order valence-corrected chi connectivity index (χ2v) is 6.50. The highest BCUT2D eigenvalue weighted by Crippen LogP contribution is 2.31. The van der Waals surface area contributed by atoms with E-state index in [1.54, 1.807) is 6.92 Å². The van der Waals surface area contributed by atoms with E-state index in [0.717, 1.165) is 25.9 Å². The van der Waals surface area contributed by atoms with Crippen molar-refractivity contribution in [3.8, 4) is 0 Å². The number of esters is 1. The molecule has 26 heavy (non-hydrogen) atoms. The molecule has 0 saturated carbocycles. The van der Waals surface area contributed by atoms with Crippen LogP contribution in [0.25, 0.3) is 0 Å². The Balaban J connectivity index is 1.61.